The predicted molar refractivity (Wildman–Crippen MR) is 129 cm³/mol. The lowest BCUT2D eigenvalue weighted by atomic mass is 9.46. The van der Waals surface area contributed by atoms with E-state index in [9.17, 15) is 24.0 Å². The van der Waals surface area contributed by atoms with Crippen molar-refractivity contribution in [3.63, 3.8) is 0 Å². The second-order valence-corrected chi connectivity index (χ2v) is 12.3. The van der Waals surface area contributed by atoms with Gasteiger partial charge in [-0.3, -0.25) is 14.3 Å². The van der Waals surface area contributed by atoms with Gasteiger partial charge in [-0.1, -0.05) is 43.2 Å². The first-order valence-corrected chi connectivity index (χ1v) is 13.3. The number of aryl methyl sites for hydroxylation is 1. The van der Waals surface area contributed by atoms with Gasteiger partial charge in [-0.15, -0.1) is 0 Å². The highest BCUT2D eigenvalue weighted by Crippen LogP contribution is 2.66. The van der Waals surface area contributed by atoms with Gasteiger partial charge >= 0.3 is 0 Å². The average Bonchev–Trinajstić information content (AvgIpc) is 3.05. The number of rotatable bonds is 3. The van der Waals surface area contributed by atoms with Crippen LogP contribution in [0.4, 0.5) is 0 Å². The van der Waals surface area contributed by atoms with Gasteiger partial charge in [0.2, 0.25) is 0 Å². The molecule has 1 aromatic rings. The van der Waals surface area contributed by atoms with Crippen molar-refractivity contribution in [2.24, 2.45) is 28.6 Å². The topological polar surface area (TPSA) is 104 Å². The van der Waals surface area contributed by atoms with E-state index in [2.05, 4.69) is 11.6 Å². The molecule has 3 fully saturated rings. The molecule has 7 heteroatoms. The molecule has 3 N–H and O–H groups in total. The van der Waals surface area contributed by atoms with Gasteiger partial charge in [-0.25, -0.2) is 4.21 Å². The smallest absolute Gasteiger partial charge is 0.264 e. The average molecular weight is 484 g/mol. The third-order valence-electron chi connectivity index (χ3n) is 9.44. The molecule has 3 saturated carbocycles. The summed E-state index contributed by atoms with van der Waals surface area (Å²) in [5.74, 6) is -0.531. The van der Waals surface area contributed by atoms with Crippen LogP contribution in [-0.2, 0) is 20.6 Å². The Morgan fingerprint density at radius 2 is 1.88 bits per heavy atom. The summed E-state index contributed by atoms with van der Waals surface area (Å²) in [6.45, 7) is 5.94. The Hall–Kier alpha value is -2.09. The molecule has 4 aliphatic carbocycles. The molecule has 34 heavy (non-hydrogen) atoms. The highest BCUT2D eigenvalue weighted by Gasteiger charge is 2.68. The molecular weight excluding hydrogens is 450 g/mol. The van der Waals surface area contributed by atoms with Crippen molar-refractivity contribution in [3.05, 3.63) is 53.6 Å². The molecule has 0 radical (unpaired) electrons. The second-order valence-electron chi connectivity index (χ2n) is 11.1. The summed E-state index contributed by atoms with van der Waals surface area (Å²) in [5.41, 5.74) is -0.837. The van der Waals surface area contributed by atoms with Gasteiger partial charge in [0.05, 0.1) is 11.0 Å². The van der Waals surface area contributed by atoms with Crippen molar-refractivity contribution in [3.8, 4) is 0 Å². The molecule has 6 nitrogen and oxygen atoms in total. The van der Waals surface area contributed by atoms with E-state index in [0.717, 1.165) is 24.0 Å². The first kappa shape index (κ1) is 23.6. The van der Waals surface area contributed by atoms with Crippen molar-refractivity contribution in [1.82, 2.24) is 4.72 Å². The molecule has 5 rings (SSSR count). The van der Waals surface area contributed by atoms with Crippen LogP contribution in [0.3, 0.4) is 0 Å². The normalized spacial score (nSPS) is 41.7. The van der Waals surface area contributed by atoms with Gasteiger partial charge in [0.15, 0.2) is 16.8 Å². The third-order valence-corrected chi connectivity index (χ3v) is 10.5. The van der Waals surface area contributed by atoms with Crippen LogP contribution in [0.1, 0.15) is 51.5 Å². The molecule has 182 valence electrons. The van der Waals surface area contributed by atoms with E-state index in [1.54, 1.807) is 24.3 Å². The van der Waals surface area contributed by atoms with Crippen molar-refractivity contribution in [2.45, 2.75) is 69.5 Å². The molecule has 8 atom stereocenters. The fourth-order valence-corrected chi connectivity index (χ4v) is 8.43. The Morgan fingerprint density at radius 3 is 2.59 bits per heavy atom. The lowest BCUT2D eigenvalue weighted by molar-refractivity contribution is -0.176. The molecule has 1 aromatic carbocycles. The van der Waals surface area contributed by atoms with Crippen LogP contribution in [-0.4, -0.2) is 37.8 Å². The van der Waals surface area contributed by atoms with E-state index in [0.29, 0.717) is 11.3 Å². The summed E-state index contributed by atoms with van der Waals surface area (Å²) >= 11 is 0. The number of amides is 1. The molecular formula is C27H33NO5S. The summed E-state index contributed by atoms with van der Waals surface area (Å²) in [6, 6.07) is 7.08. The Morgan fingerprint density at radius 1 is 1.18 bits per heavy atom. The Balaban J connectivity index is 1.42. The minimum absolute atomic E-state index is 0.00504. The molecule has 0 heterocycles. The second kappa shape index (κ2) is 7.97. The Bertz CT molecular complexity index is 1130. The predicted octanol–water partition coefficient (Wildman–Crippen LogP) is 3.14. The number of ketones is 1. The van der Waals surface area contributed by atoms with Crippen LogP contribution >= 0.6 is 0 Å². The zero-order valence-corrected chi connectivity index (χ0v) is 20.7. The van der Waals surface area contributed by atoms with Crippen molar-refractivity contribution >= 4 is 22.7 Å². The fraction of sp³-hybridized carbons (Fsp3) is 0.556. The molecule has 0 spiro atoms. The fourth-order valence-electron chi connectivity index (χ4n) is 7.59. The lowest BCUT2D eigenvalue weighted by Gasteiger charge is -2.59. The summed E-state index contributed by atoms with van der Waals surface area (Å²) in [4.78, 5) is 25.8. The standard InChI is InChI=1S/C27H33NO5S/c1-16-4-7-19(8-5-16)34(33)28-24(31)27(32)13-11-21-20-9-6-17-14-18(29)10-12-25(17,2)23(20)22(30)15-26(21,27)3/h4-5,7-8,10,12,14,20-23,30,32H,6,9,11,13,15H2,1-3H3,(H,28,31)/t20?,21?,22-,23?,25?,26?,27-,34+/m0/s1. The van der Waals surface area contributed by atoms with Gasteiger partial charge in [0.25, 0.3) is 5.91 Å². The van der Waals surface area contributed by atoms with Crippen molar-refractivity contribution in [1.29, 1.82) is 0 Å². The monoisotopic (exact) mass is 483 g/mol. The molecule has 0 aromatic heterocycles. The summed E-state index contributed by atoms with van der Waals surface area (Å²) in [7, 11) is -1.78. The van der Waals surface area contributed by atoms with Crippen molar-refractivity contribution < 1.29 is 24.0 Å². The number of carbonyl (C=O) groups excluding carboxylic acids is 2. The molecule has 4 aliphatic rings. The number of nitrogens with one attached hydrogen (secondary N) is 1. The van der Waals surface area contributed by atoms with Crippen LogP contribution in [0.25, 0.3) is 0 Å². The lowest BCUT2D eigenvalue weighted by Crippen LogP contribution is -2.63. The zero-order chi connectivity index (χ0) is 24.5. The van der Waals surface area contributed by atoms with Crippen LogP contribution in [0, 0.1) is 35.5 Å². The van der Waals surface area contributed by atoms with Crippen LogP contribution in [0.2, 0.25) is 0 Å². The maximum atomic E-state index is 13.4. The summed E-state index contributed by atoms with van der Waals surface area (Å²) in [6.07, 6.45) is 7.36. The molecule has 0 aliphatic heterocycles. The molecule has 5 unspecified atom stereocenters. The number of benzene rings is 1. The highest BCUT2D eigenvalue weighted by molar-refractivity contribution is 7.83. The summed E-state index contributed by atoms with van der Waals surface area (Å²) in [5, 5.41) is 23.2. The number of fused-ring (bicyclic) bond motifs is 5. The van der Waals surface area contributed by atoms with E-state index in [1.165, 1.54) is 0 Å². The van der Waals surface area contributed by atoms with Crippen LogP contribution < -0.4 is 4.72 Å². The third kappa shape index (κ3) is 3.31. The van der Waals surface area contributed by atoms with Gasteiger partial charge in [-0.05, 0) is 75.1 Å². The molecule has 0 bridgehead atoms. The largest absolute Gasteiger partial charge is 0.393 e. The molecule has 0 saturated heterocycles. The summed E-state index contributed by atoms with van der Waals surface area (Å²) < 4.78 is 15.4. The number of hydrogen-bond acceptors (Lipinski definition) is 5. The number of aliphatic hydroxyl groups is 2. The first-order valence-electron chi connectivity index (χ1n) is 12.1. The SMILES string of the molecule is Cc1ccc([S@@](=O)NC(=O)[C@@]2(O)CCC3C4CCC5=CC(=O)C=CC5(C)C4[C@@H](O)CC32C)cc1. The number of allylic oxidation sites excluding steroid dienone is 4. The molecule has 1 amide bonds. The highest BCUT2D eigenvalue weighted by atomic mass is 32.2. The minimum atomic E-state index is -1.78. The number of hydrogen-bond donors (Lipinski definition) is 3. The van der Waals surface area contributed by atoms with Gasteiger partial charge in [0, 0.05) is 16.7 Å². The van der Waals surface area contributed by atoms with Gasteiger partial charge in [0.1, 0.15) is 5.60 Å². The van der Waals surface area contributed by atoms with Gasteiger partial charge in [-0.2, -0.15) is 0 Å². The first-order chi connectivity index (χ1) is 16.0. The number of aliphatic hydroxyl groups excluding tert-OH is 1. The van der Waals surface area contributed by atoms with E-state index in [-0.39, 0.29) is 36.4 Å². The quantitative estimate of drug-likeness (QED) is 0.613. The Kier molecular flexibility index (Phi) is 5.54. The Labute approximate surface area is 203 Å². The van der Waals surface area contributed by atoms with Crippen LogP contribution in [0.15, 0.2) is 53.0 Å². The van der Waals surface area contributed by atoms with Crippen LogP contribution in [0.5, 0.6) is 0 Å². The van der Waals surface area contributed by atoms with E-state index >= 15 is 0 Å². The maximum Gasteiger partial charge on any atom is 0.264 e. The number of carbonyl (C=O) groups is 2. The van der Waals surface area contributed by atoms with Crippen molar-refractivity contribution in [2.75, 3.05) is 0 Å². The van der Waals surface area contributed by atoms with E-state index in [4.69, 9.17) is 0 Å². The van der Waals surface area contributed by atoms with E-state index in [1.807, 2.05) is 32.1 Å². The van der Waals surface area contributed by atoms with Gasteiger partial charge < -0.3 is 10.2 Å². The minimum Gasteiger partial charge on any atom is -0.393 e. The van der Waals surface area contributed by atoms with E-state index < -0.39 is 39.4 Å². The maximum absolute atomic E-state index is 13.4. The zero-order valence-electron chi connectivity index (χ0n) is 19.9.